The Balaban J connectivity index is 2.01. The van der Waals surface area contributed by atoms with Crippen LogP contribution in [0.1, 0.15) is 44.2 Å². The molecule has 4 heteroatoms. The number of nitrogens with two attached hydrogens (primary N) is 1. The van der Waals surface area contributed by atoms with Crippen LogP contribution in [0.5, 0.6) is 0 Å². The van der Waals surface area contributed by atoms with Crippen LogP contribution in [0, 0.1) is 11.8 Å². The van der Waals surface area contributed by atoms with Gasteiger partial charge in [-0.2, -0.15) is 0 Å². The SMILES string of the molecule is CC(c1ccccc1Cl)N(C)C(=O)C1CCC(CN)CC1. The van der Waals surface area contributed by atoms with Crippen LogP contribution in [0.3, 0.4) is 0 Å². The van der Waals surface area contributed by atoms with E-state index in [1.165, 1.54) is 0 Å². The van der Waals surface area contributed by atoms with Gasteiger partial charge in [-0.1, -0.05) is 29.8 Å². The first-order chi connectivity index (χ1) is 10.0. The first-order valence-electron chi connectivity index (χ1n) is 7.75. The number of carbonyl (C=O) groups excluding carboxylic acids is 1. The minimum atomic E-state index is -0.00145. The molecule has 2 rings (SSSR count). The number of carbonyl (C=O) groups is 1. The van der Waals surface area contributed by atoms with Gasteiger partial charge in [-0.05, 0) is 56.7 Å². The van der Waals surface area contributed by atoms with E-state index in [4.69, 9.17) is 17.3 Å². The molecule has 21 heavy (non-hydrogen) atoms. The molecule has 3 nitrogen and oxygen atoms in total. The van der Waals surface area contributed by atoms with Crippen molar-refractivity contribution in [3.8, 4) is 0 Å². The fraction of sp³-hybridized carbons (Fsp3) is 0.588. The van der Waals surface area contributed by atoms with Crippen molar-refractivity contribution in [2.24, 2.45) is 17.6 Å². The van der Waals surface area contributed by atoms with E-state index in [0.717, 1.165) is 42.8 Å². The topological polar surface area (TPSA) is 46.3 Å². The van der Waals surface area contributed by atoms with Crippen LogP contribution in [0.15, 0.2) is 24.3 Å². The average Bonchev–Trinajstić information content (AvgIpc) is 2.53. The lowest BCUT2D eigenvalue weighted by molar-refractivity contribution is -0.137. The molecule has 1 aliphatic carbocycles. The van der Waals surface area contributed by atoms with Crippen LogP contribution < -0.4 is 5.73 Å². The van der Waals surface area contributed by atoms with Crippen LogP contribution in [-0.2, 0) is 4.79 Å². The zero-order valence-electron chi connectivity index (χ0n) is 12.9. The van der Waals surface area contributed by atoms with E-state index in [1.807, 2.05) is 43.1 Å². The van der Waals surface area contributed by atoms with Gasteiger partial charge in [0, 0.05) is 18.0 Å². The predicted molar refractivity (Wildman–Crippen MR) is 87.1 cm³/mol. The van der Waals surface area contributed by atoms with E-state index in [0.29, 0.717) is 5.92 Å². The molecule has 1 fully saturated rings. The number of benzene rings is 1. The second-order valence-electron chi connectivity index (χ2n) is 6.10. The van der Waals surface area contributed by atoms with Crippen LogP contribution in [0.4, 0.5) is 0 Å². The van der Waals surface area contributed by atoms with E-state index in [9.17, 15) is 4.79 Å². The molecule has 0 radical (unpaired) electrons. The molecule has 2 N–H and O–H groups in total. The Kier molecular flexibility index (Phi) is 5.65. The zero-order valence-corrected chi connectivity index (χ0v) is 13.6. The van der Waals surface area contributed by atoms with Crippen molar-refractivity contribution in [3.63, 3.8) is 0 Å². The summed E-state index contributed by atoms with van der Waals surface area (Å²) in [5.41, 5.74) is 6.72. The first kappa shape index (κ1) is 16.3. The van der Waals surface area contributed by atoms with E-state index in [1.54, 1.807) is 0 Å². The van der Waals surface area contributed by atoms with E-state index in [2.05, 4.69) is 0 Å². The van der Waals surface area contributed by atoms with Crippen molar-refractivity contribution in [2.75, 3.05) is 13.6 Å². The van der Waals surface area contributed by atoms with Crippen molar-refractivity contribution < 1.29 is 4.79 Å². The maximum absolute atomic E-state index is 12.7. The molecule has 1 unspecified atom stereocenters. The second-order valence-corrected chi connectivity index (χ2v) is 6.51. The molecule has 0 aliphatic heterocycles. The van der Waals surface area contributed by atoms with Gasteiger partial charge in [-0.3, -0.25) is 4.79 Å². The van der Waals surface area contributed by atoms with Gasteiger partial charge in [-0.25, -0.2) is 0 Å². The summed E-state index contributed by atoms with van der Waals surface area (Å²) in [6.07, 6.45) is 4.06. The lowest BCUT2D eigenvalue weighted by atomic mass is 9.81. The lowest BCUT2D eigenvalue weighted by Crippen LogP contribution is -2.37. The van der Waals surface area contributed by atoms with Gasteiger partial charge < -0.3 is 10.6 Å². The van der Waals surface area contributed by atoms with Crippen LogP contribution in [-0.4, -0.2) is 24.4 Å². The van der Waals surface area contributed by atoms with Gasteiger partial charge in [0.2, 0.25) is 5.91 Å². The van der Waals surface area contributed by atoms with Gasteiger partial charge in [0.1, 0.15) is 0 Å². The summed E-state index contributed by atoms with van der Waals surface area (Å²) in [7, 11) is 1.88. The Bertz CT molecular complexity index is 483. The molecule has 1 atom stereocenters. The van der Waals surface area contributed by atoms with Crippen LogP contribution in [0.2, 0.25) is 5.02 Å². The number of hydrogen-bond acceptors (Lipinski definition) is 2. The van der Waals surface area contributed by atoms with Crippen molar-refractivity contribution in [3.05, 3.63) is 34.9 Å². The molecule has 1 amide bonds. The second kappa shape index (κ2) is 7.28. The highest BCUT2D eigenvalue weighted by molar-refractivity contribution is 6.31. The molecule has 1 aliphatic rings. The van der Waals surface area contributed by atoms with Crippen molar-refractivity contribution in [1.82, 2.24) is 4.90 Å². The molecule has 0 bridgehead atoms. The normalized spacial score (nSPS) is 23.6. The Morgan fingerprint density at radius 3 is 2.52 bits per heavy atom. The van der Waals surface area contributed by atoms with Gasteiger partial charge in [0.15, 0.2) is 0 Å². The summed E-state index contributed by atoms with van der Waals surface area (Å²) in [6.45, 7) is 2.78. The summed E-state index contributed by atoms with van der Waals surface area (Å²) in [6, 6.07) is 7.73. The molecular formula is C17H25ClN2O. The molecule has 0 heterocycles. The molecule has 0 spiro atoms. The minimum Gasteiger partial charge on any atom is -0.339 e. The number of rotatable bonds is 4. The fourth-order valence-corrected chi connectivity index (χ4v) is 3.44. The largest absolute Gasteiger partial charge is 0.339 e. The maximum Gasteiger partial charge on any atom is 0.225 e. The summed E-state index contributed by atoms with van der Waals surface area (Å²) >= 11 is 6.24. The van der Waals surface area contributed by atoms with Gasteiger partial charge >= 0.3 is 0 Å². The summed E-state index contributed by atoms with van der Waals surface area (Å²) in [5, 5.41) is 0.719. The quantitative estimate of drug-likeness (QED) is 0.923. The van der Waals surface area contributed by atoms with Crippen LogP contribution >= 0.6 is 11.6 Å². The minimum absolute atomic E-state index is 0.00145. The van der Waals surface area contributed by atoms with Crippen molar-refractivity contribution in [1.29, 1.82) is 0 Å². The predicted octanol–water partition coefficient (Wildman–Crippen LogP) is 3.62. The van der Waals surface area contributed by atoms with E-state index >= 15 is 0 Å². The maximum atomic E-state index is 12.7. The summed E-state index contributed by atoms with van der Waals surface area (Å²) < 4.78 is 0. The number of nitrogens with zero attached hydrogens (tertiary/aromatic N) is 1. The third-order valence-corrected chi connectivity index (χ3v) is 5.16. The van der Waals surface area contributed by atoms with Gasteiger partial charge in [0.05, 0.1) is 6.04 Å². The first-order valence-corrected chi connectivity index (χ1v) is 8.13. The third kappa shape index (κ3) is 3.78. The van der Waals surface area contributed by atoms with E-state index < -0.39 is 0 Å². The molecule has 0 saturated heterocycles. The molecule has 116 valence electrons. The monoisotopic (exact) mass is 308 g/mol. The number of halogens is 1. The lowest BCUT2D eigenvalue weighted by Gasteiger charge is -2.33. The van der Waals surface area contributed by atoms with Gasteiger partial charge in [0.25, 0.3) is 0 Å². The Morgan fingerprint density at radius 2 is 1.95 bits per heavy atom. The Hall–Kier alpha value is -1.06. The molecule has 1 saturated carbocycles. The molecule has 1 aromatic rings. The number of amides is 1. The Labute approximate surface area is 132 Å². The highest BCUT2D eigenvalue weighted by Crippen LogP contribution is 2.32. The third-order valence-electron chi connectivity index (χ3n) is 4.81. The fourth-order valence-electron chi connectivity index (χ4n) is 3.15. The van der Waals surface area contributed by atoms with Crippen molar-refractivity contribution >= 4 is 17.5 Å². The van der Waals surface area contributed by atoms with Crippen molar-refractivity contribution in [2.45, 2.75) is 38.6 Å². The molecule has 1 aromatic carbocycles. The highest BCUT2D eigenvalue weighted by atomic mass is 35.5. The summed E-state index contributed by atoms with van der Waals surface area (Å²) in [4.78, 5) is 14.5. The zero-order chi connectivity index (χ0) is 15.4. The smallest absolute Gasteiger partial charge is 0.225 e. The molecule has 0 aromatic heterocycles. The molecular weight excluding hydrogens is 284 g/mol. The standard InChI is InChI=1S/C17H25ClN2O/c1-12(15-5-3-4-6-16(15)18)20(2)17(21)14-9-7-13(11-19)8-10-14/h3-6,12-14H,7-11,19H2,1-2H3. The Morgan fingerprint density at radius 1 is 1.33 bits per heavy atom. The summed E-state index contributed by atoms with van der Waals surface area (Å²) in [5.74, 6) is 0.973. The van der Waals surface area contributed by atoms with Gasteiger partial charge in [-0.15, -0.1) is 0 Å². The average molecular weight is 309 g/mol. The van der Waals surface area contributed by atoms with Crippen LogP contribution in [0.25, 0.3) is 0 Å². The highest BCUT2D eigenvalue weighted by Gasteiger charge is 2.30. The van der Waals surface area contributed by atoms with E-state index in [-0.39, 0.29) is 17.9 Å². The number of hydrogen-bond donors (Lipinski definition) is 1.